The number of imidazole rings is 1. The van der Waals surface area contributed by atoms with Gasteiger partial charge in [-0.15, -0.1) is 0 Å². The summed E-state index contributed by atoms with van der Waals surface area (Å²) in [4.78, 5) is 18.3. The lowest BCUT2D eigenvalue weighted by Crippen LogP contribution is -2.43. The van der Waals surface area contributed by atoms with E-state index < -0.39 is 9.84 Å². The van der Waals surface area contributed by atoms with Crippen molar-refractivity contribution in [2.75, 3.05) is 24.6 Å². The van der Waals surface area contributed by atoms with Gasteiger partial charge in [0.1, 0.15) is 11.6 Å². The van der Waals surface area contributed by atoms with Gasteiger partial charge in [0.05, 0.1) is 11.8 Å². The number of piperidine rings is 1. The van der Waals surface area contributed by atoms with E-state index in [1.807, 2.05) is 13.1 Å². The van der Waals surface area contributed by atoms with E-state index >= 15 is 0 Å². The first-order valence-corrected chi connectivity index (χ1v) is 9.79. The predicted octanol–water partition coefficient (Wildman–Crippen LogP) is 1.43. The van der Waals surface area contributed by atoms with Crippen molar-refractivity contribution in [3.8, 4) is 0 Å². The highest BCUT2D eigenvalue weighted by Crippen LogP contribution is 2.23. The number of hydrogen-bond acceptors (Lipinski definition) is 4. The second-order valence-electron chi connectivity index (χ2n) is 5.83. The molecule has 1 atom stereocenters. The molecule has 0 radical (unpaired) electrons. The maximum absolute atomic E-state index is 12.3. The highest BCUT2D eigenvalue weighted by molar-refractivity contribution is 7.92. The predicted molar refractivity (Wildman–Crippen MR) is 85.4 cm³/mol. The molecule has 1 aromatic rings. The van der Waals surface area contributed by atoms with E-state index in [1.54, 1.807) is 11.1 Å². The van der Waals surface area contributed by atoms with Crippen LogP contribution in [0.4, 0.5) is 0 Å². The normalized spacial score (nSPS) is 19.4. The number of nitrogens with zero attached hydrogens (tertiary/aromatic N) is 3. The average Bonchev–Trinajstić information content (AvgIpc) is 2.95. The van der Waals surface area contributed by atoms with Crippen LogP contribution in [0.15, 0.2) is 12.4 Å². The van der Waals surface area contributed by atoms with Crippen LogP contribution in [0.1, 0.15) is 45.0 Å². The second kappa shape index (κ2) is 7.26. The van der Waals surface area contributed by atoms with Gasteiger partial charge in [0.25, 0.3) is 0 Å². The average molecular weight is 327 g/mol. The van der Waals surface area contributed by atoms with E-state index in [1.165, 1.54) is 0 Å². The van der Waals surface area contributed by atoms with Crippen LogP contribution in [-0.4, -0.2) is 53.4 Å². The van der Waals surface area contributed by atoms with E-state index in [-0.39, 0.29) is 23.5 Å². The summed E-state index contributed by atoms with van der Waals surface area (Å²) in [5.74, 6) is 0.463. The van der Waals surface area contributed by atoms with Crippen LogP contribution in [0.5, 0.6) is 0 Å². The Labute approximate surface area is 132 Å². The fourth-order valence-electron chi connectivity index (χ4n) is 3.02. The Morgan fingerprint density at radius 2 is 2.18 bits per heavy atom. The van der Waals surface area contributed by atoms with Gasteiger partial charge in [-0.2, -0.15) is 0 Å². The third kappa shape index (κ3) is 4.09. The first-order chi connectivity index (χ1) is 10.5. The molecule has 2 rings (SSSR count). The molecule has 7 heteroatoms. The molecule has 22 heavy (non-hydrogen) atoms. The number of carbonyl (C=O) groups excluding carboxylic acids is 1. The van der Waals surface area contributed by atoms with Crippen molar-refractivity contribution in [3.05, 3.63) is 18.2 Å². The minimum atomic E-state index is -3.27. The lowest BCUT2D eigenvalue weighted by atomic mass is 10.1. The molecule has 1 fully saturated rings. The fourth-order valence-corrected chi connectivity index (χ4v) is 4.35. The molecule has 1 aromatic heterocycles. The van der Waals surface area contributed by atoms with Gasteiger partial charge in [0.15, 0.2) is 9.84 Å². The van der Waals surface area contributed by atoms with Gasteiger partial charge >= 0.3 is 0 Å². The molecule has 0 bridgehead atoms. The van der Waals surface area contributed by atoms with E-state index in [9.17, 15) is 13.2 Å². The molecule has 2 heterocycles. The third-order valence-corrected chi connectivity index (χ3v) is 5.78. The van der Waals surface area contributed by atoms with E-state index in [2.05, 4.69) is 16.5 Å². The number of likely N-dealkylation sites (tertiary alicyclic amines) is 1. The minimum Gasteiger partial charge on any atom is -0.340 e. The molecular formula is C15H25N3O3S. The Hall–Kier alpha value is -1.37. The van der Waals surface area contributed by atoms with Crippen molar-refractivity contribution >= 4 is 15.7 Å². The SMILES string of the molecule is CCCS(=O)(=O)CC(=O)N1CCC[C@H](n2ccnc2CC)C1. The molecule has 1 aliphatic rings. The number of rotatable bonds is 6. The minimum absolute atomic E-state index is 0.0809. The molecule has 1 aliphatic heterocycles. The largest absolute Gasteiger partial charge is 0.340 e. The standard InChI is InChI=1S/C15H25N3O3S/c1-3-10-22(20,21)12-15(19)17-8-5-6-13(11-17)18-9-7-16-14(18)4-2/h7,9,13H,3-6,8,10-12H2,1-2H3/t13-/m0/s1. The Morgan fingerprint density at radius 3 is 2.86 bits per heavy atom. The quantitative estimate of drug-likeness (QED) is 0.792. The Morgan fingerprint density at radius 1 is 1.41 bits per heavy atom. The van der Waals surface area contributed by atoms with E-state index in [0.29, 0.717) is 19.5 Å². The summed E-state index contributed by atoms with van der Waals surface area (Å²) < 4.78 is 25.8. The van der Waals surface area contributed by atoms with Crippen molar-refractivity contribution in [1.82, 2.24) is 14.5 Å². The highest BCUT2D eigenvalue weighted by atomic mass is 32.2. The van der Waals surface area contributed by atoms with Gasteiger partial charge in [-0.25, -0.2) is 13.4 Å². The molecule has 1 amide bonds. The number of aryl methyl sites for hydroxylation is 1. The zero-order chi connectivity index (χ0) is 16.2. The lowest BCUT2D eigenvalue weighted by molar-refractivity contribution is -0.130. The van der Waals surface area contributed by atoms with E-state index in [4.69, 9.17) is 0 Å². The Kier molecular flexibility index (Phi) is 5.61. The summed E-state index contributed by atoms with van der Waals surface area (Å²) in [6.07, 6.45) is 7.02. The van der Waals surface area contributed by atoms with Gasteiger partial charge in [0, 0.05) is 31.9 Å². The Bertz CT molecular complexity index is 609. The second-order valence-corrected chi connectivity index (χ2v) is 8.02. The van der Waals surface area contributed by atoms with Crippen LogP contribution >= 0.6 is 0 Å². The topological polar surface area (TPSA) is 72.3 Å². The van der Waals surface area contributed by atoms with Crippen LogP contribution in [0.25, 0.3) is 0 Å². The van der Waals surface area contributed by atoms with Crippen molar-refractivity contribution in [1.29, 1.82) is 0 Å². The number of sulfone groups is 1. The summed E-state index contributed by atoms with van der Waals surface area (Å²) in [7, 11) is -3.27. The molecule has 0 spiro atoms. The fraction of sp³-hybridized carbons (Fsp3) is 0.733. The van der Waals surface area contributed by atoms with Crippen LogP contribution in [0.3, 0.4) is 0 Å². The maximum atomic E-state index is 12.3. The van der Waals surface area contributed by atoms with Crippen molar-refractivity contribution in [3.63, 3.8) is 0 Å². The van der Waals surface area contributed by atoms with Crippen molar-refractivity contribution in [2.24, 2.45) is 0 Å². The monoisotopic (exact) mass is 327 g/mol. The molecule has 0 N–H and O–H groups in total. The molecule has 124 valence electrons. The van der Waals surface area contributed by atoms with Crippen LogP contribution in [0, 0.1) is 0 Å². The molecule has 1 saturated heterocycles. The summed E-state index contributed by atoms with van der Waals surface area (Å²) in [6.45, 7) is 5.09. The molecule has 0 aromatic carbocycles. The van der Waals surface area contributed by atoms with Gasteiger partial charge in [-0.05, 0) is 19.3 Å². The van der Waals surface area contributed by atoms with Crippen LogP contribution in [0.2, 0.25) is 0 Å². The Balaban J connectivity index is 2.03. The van der Waals surface area contributed by atoms with Gasteiger partial charge in [-0.1, -0.05) is 13.8 Å². The molecule has 6 nitrogen and oxygen atoms in total. The van der Waals surface area contributed by atoms with Crippen LogP contribution in [-0.2, 0) is 21.1 Å². The maximum Gasteiger partial charge on any atom is 0.237 e. The summed E-state index contributed by atoms with van der Waals surface area (Å²) in [5.41, 5.74) is 0. The highest BCUT2D eigenvalue weighted by Gasteiger charge is 2.28. The summed E-state index contributed by atoms with van der Waals surface area (Å²) in [5, 5.41) is 0. The van der Waals surface area contributed by atoms with E-state index in [0.717, 1.165) is 25.1 Å². The number of aromatic nitrogens is 2. The smallest absolute Gasteiger partial charge is 0.237 e. The van der Waals surface area contributed by atoms with Gasteiger partial charge < -0.3 is 9.47 Å². The number of carbonyl (C=O) groups is 1. The van der Waals surface area contributed by atoms with Gasteiger partial charge in [0.2, 0.25) is 5.91 Å². The lowest BCUT2D eigenvalue weighted by Gasteiger charge is -2.34. The zero-order valence-electron chi connectivity index (χ0n) is 13.4. The molecule has 0 saturated carbocycles. The van der Waals surface area contributed by atoms with Crippen molar-refractivity contribution in [2.45, 2.75) is 45.6 Å². The first kappa shape index (κ1) is 17.0. The first-order valence-electron chi connectivity index (χ1n) is 7.96. The van der Waals surface area contributed by atoms with Gasteiger partial charge in [-0.3, -0.25) is 4.79 Å². The summed E-state index contributed by atoms with van der Waals surface area (Å²) >= 11 is 0. The number of hydrogen-bond donors (Lipinski definition) is 0. The number of amides is 1. The summed E-state index contributed by atoms with van der Waals surface area (Å²) in [6, 6.07) is 0.198. The zero-order valence-corrected chi connectivity index (χ0v) is 14.2. The molecule has 0 aliphatic carbocycles. The van der Waals surface area contributed by atoms with Crippen LogP contribution < -0.4 is 0 Å². The van der Waals surface area contributed by atoms with Crippen molar-refractivity contribution < 1.29 is 13.2 Å². The molecule has 0 unspecified atom stereocenters. The molecular weight excluding hydrogens is 302 g/mol. The third-order valence-electron chi connectivity index (χ3n) is 4.07.